The molecule has 1 nitrogen and oxygen atoms in total. The first-order valence-corrected chi connectivity index (χ1v) is 6.97. The lowest BCUT2D eigenvalue weighted by molar-refractivity contribution is 0.251. The van der Waals surface area contributed by atoms with Crippen LogP contribution in [0.15, 0.2) is 22.7 Å². The van der Waals surface area contributed by atoms with Crippen molar-refractivity contribution in [3.8, 4) is 5.75 Å². The van der Waals surface area contributed by atoms with Gasteiger partial charge in [-0.2, -0.15) is 0 Å². The Labute approximate surface area is 111 Å². The van der Waals surface area contributed by atoms with Crippen LogP contribution >= 0.6 is 27.5 Å². The third-order valence-electron chi connectivity index (χ3n) is 2.48. The topological polar surface area (TPSA) is 9.23 Å². The van der Waals surface area contributed by atoms with Crippen LogP contribution in [0.2, 0.25) is 0 Å². The molecule has 0 heterocycles. The van der Waals surface area contributed by atoms with Crippen molar-refractivity contribution in [2.45, 2.75) is 32.6 Å². The third-order valence-corrected chi connectivity index (χ3v) is 3.54. The second-order valence-electron chi connectivity index (χ2n) is 4.09. The van der Waals surface area contributed by atoms with E-state index in [4.69, 9.17) is 16.3 Å². The first kappa shape index (κ1) is 13.9. The molecule has 0 bridgehead atoms. The number of benzene rings is 1. The molecular formula is C13H18BrClO. The molecule has 1 unspecified atom stereocenters. The predicted molar refractivity (Wildman–Crippen MR) is 73.3 cm³/mol. The zero-order valence-corrected chi connectivity index (χ0v) is 12.1. The van der Waals surface area contributed by atoms with E-state index in [1.807, 2.05) is 18.2 Å². The van der Waals surface area contributed by atoms with E-state index >= 15 is 0 Å². The lowest BCUT2D eigenvalue weighted by atomic mass is 10.1. The summed E-state index contributed by atoms with van der Waals surface area (Å²) in [6, 6.07) is 5.95. The summed E-state index contributed by atoms with van der Waals surface area (Å²) in [5.74, 6) is 2.01. The van der Waals surface area contributed by atoms with Gasteiger partial charge in [0.25, 0.3) is 0 Å². The van der Waals surface area contributed by atoms with Gasteiger partial charge in [0.05, 0.1) is 6.61 Å². The zero-order chi connectivity index (χ0) is 12.0. The van der Waals surface area contributed by atoms with E-state index in [2.05, 4.69) is 29.8 Å². The van der Waals surface area contributed by atoms with Crippen LogP contribution in [0.5, 0.6) is 5.75 Å². The molecular weight excluding hydrogens is 287 g/mol. The van der Waals surface area contributed by atoms with E-state index in [1.165, 1.54) is 12.8 Å². The lowest BCUT2D eigenvalue weighted by Gasteiger charge is -2.13. The van der Waals surface area contributed by atoms with Crippen molar-refractivity contribution >= 4 is 27.5 Å². The monoisotopic (exact) mass is 304 g/mol. The molecule has 90 valence electrons. The van der Waals surface area contributed by atoms with Crippen LogP contribution in [-0.2, 0) is 5.88 Å². The molecule has 1 rings (SSSR count). The van der Waals surface area contributed by atoms with Gasteiger partial charge in [-0.05, 0) is 36.1 Å². The van der Waals surface area contributed by atoms with Gasteiger partial charge in [-0.15, -0.1) is 11.6 Å². The quantitative estimate of drug-likeness (QED) is 0.672. The Bertz CT molecular complexity index is 328. The maximum atomic E-state index is 5.83. The van der Waals surface area contributed by atoms with E-state index in [1.54, 1.807) is 0 Å². The highest BCUT2D eigenvalue weighted by Crippen LogP contribution is 2.24. The van der Waals surface area contributed by atoms with Crippen LogP contribution in [0.4, 0.5) is 0 Å². The molecule has 0 amide bonds. The van der Waals surface area contributed by atoms with Crippen molar-refractivity contribution in [1.29, 1.82) is 0 Å². The fourth-order valence-electron chi connectivity index (χ4n) is 1.56. The highest BCUT2D eigenvalue weighted by atomic mass is 79.9. The second-order valence-corrected chi connectivity index (χ2v) is 5.21. The van der Waals surface area contributed by atoms with Crippen molar-refractivity contribution in [3.63, 3.8) is 0 Å². The fourth-order valence-corrected chi connectivity index (χ4v) is 2.33. The van der Waals surface area contributed by atoms with Gasteiger partial charge in [0.1, 0.15) is 5.75 Å². The minimum atomic E-state index is 0.502. The summed E-state index contributed by atoms with van der Waals surface area (Å²) in [5, 5.41) is 0. The van der Waals surface area contributed by atoms with Crippen LogP contribution in [0, 0.1) is 5.92 Å². The van der Waals surface area contributed by atoms with E-state index in [-0.39, 0.29) is 0 Å². The normalized spacial score (nSPS) is 12.5. The SMILES string of the molecule is CCCC(C)COc1ccc(Br)c(CCl)c1. The van der Waals surface area contributed by atoms with Gasteiger partial charge < -0.3 is 4.74 Å². The summed E-state index contributed by atoms with van der Waals surface area (Å²) in [5.41, 5.74) is 1.07. The number of hydrogen-bond donors (Lipinski definition) is 0. The standard InChI is InChI=1S/C13H18BrClO/c1-3-4-10(2)9-16-12-5-6-13(14)11(7-12)8-15/h5-7,10H,3-4,8-9H2,1-2H3. The van der Waals surface area contributed by atoms with Crippen molar-refractivity contribution < 1.29 is 4.74 Å². The summed E-state index contributed by atoms with van der Waals surface area (Å²) in [4.78, 5) is 0. The first-order chi connectivity index (χ1) is 7.67. The number of halogens is 2. The summed E-state index contributed by atoms with van der Waals surface area (Å²) in [6.07, 6.45) is 2.41. The smallest absolute Gasteiger partial charge is 0.119 e. The van der Waals surface area contributed by atoms with Gasteiger partial charge in [-0.1, -0.05) is 36.2 Å². The number of rotatable bonds is 6. The molecule has 1 aromatic carbocycles. The highest BCUT2D eigenvalue weighted by molar-refractivity contribution is 9.10. The lowest BCUT2D eigenvalue weighted by Crippen LogP contribution is -2.08. The minimum Gasteiger partial charge on any atom is -0.493 e. The van der Waals surface area contributed by atoms with Crippen LogP contribution in [0.25, 0.3) is 0 Å². The van der Waals surface area contributed by atoms with Crippen molar-refractivity contribution in [2.24, 2.45) is 5.92 Å². The van der Waals surface area contributed by atoms with Crippen molar-refractivity contribution in [3.05, 3.63) is 28.2 Å². The van der Waals surface area contributed by atoms with Gasteiger partial charge in [0.2, 0.25) is 0 Å². The first-order valence-electron chi connectivity index (χ1n) is 5.64. The third kappa shape index (κ3) is 4.34. The molecule has 16 heavy (non-hydrogen) atoms. The second kappa shape index (κ2) is 7.18. The van der Waals surface area contributed by atoms with Gasteiger partial charge in [-0.25, -0.2) is 0 Å². The van der Waals surface area contributed by atoms with Gasteiger partial charge in [0, 0.05) is 10.4 Å². The van der Waals surface area contributed by atoms with Crippen LogP contribution in [0.1, 0.15) is 32.3 Å². The number of hydrogen-bond acceptors (Lipinski definition) is 1. The molecule has 1 aromatic rings. The van der Waals surface area contributed by atoms with Gasteiger partial charge in [0.15, 0.2) is 0 Å². The highest BCUT2D eigenvalue weighted by Gasteiger charge is 2.04. The minimum absolute atomic E-state index is 0.502. The Morgan fingerprint density at radius 2 is 2.19 bits per heavy atom. The molecule has 0 aliphatic rings. The van der Waals surface area contributed by atoms with Crippen LogP contribution < -0.4 is 4.74 Å². The number of ether oxygens (including phenoxy) is 1. The van der Waals surface area contributed by atoms with Gasteiger partial charge in [-0.3, -0.25) is 0 Å². The predicted octanol–water partition coefficient (Wildman–Crippen LogP) is 5.00. The average Bonchev–Trinajstić information content (AvgIpc) is 2.28. The number of alkyl halides is 1. The van der Waals surface area contributed by atoms with E-state index in [9.17, 15) is 0 Å². The summed E-state index contributed by atoms with van der Waals surface area (Å²) in [7, 11) is 0. The molecule has 0 fully saturated rings. The van der Waals surface area contributed by atoms with E-state index < -0.39 is 0 Å². The Hall–Kier alpha value is -0.210. The molecule has 1 atom stereocenters. The molecule has 0 radical (unpaired) electrons. The van der Waals surface area contributed by atoms with Gasteiger partial charge >= 0.3 is 0 Å². The molecule has 0 aromatic heterocycles. The summed E-state index contributed by atoms with van der Waals surface area (Å²) < 4.78 is 6.78. The molecule has 0 saturated heterocycles. The molecule has 0 N–H and O–H groups in total. The maximum Gasteiger partial charge on any atom is 0.119 e. The maximum absolute atomic E-state index is 5.83. The largest absolute Gasteiger partial charge is 0.493 e. The van der Waals surface area contributed by atoms with Crippen LogP contribution in [0.3, 0.4) is 0 Å². The Morgan fingerprint density at radius 3 is 2.81 bits per heavy atom. The van der Waals surface area contributed by atoms with E-state index in [0.717, 1.165) is 22.4 Å². The molecule has 0 aliphatic heterocycles. The molecule has 0 saturated carbocycles. The fraction of sp³-hybridized carbons (Fsp3) is 0.538. The Morgan fingerprint density at radius 1 is 1.44 bits per heavy atom. The Kier molecular flexibility index (Phi) is 6.22. The van der Waals surface area contributed by atoms with Crippen molar-refractivity contribution in [1.82, 2.24) is 0 Å². The summed E-state index contributed by atoms with van der Waals surface area (Å²) >= 11 is 9.29. The van der Waals surface area contributed by atoms with Crippen LogP contribution in [-0.4, -0.2) is 6.61 Å². The molecule has 3 heteroatoms. The zero-order valence-electron chi connectivity index (χ0n) is 9.80. The van der Waals surface area contributed by atoms with Crippen molar-refractivity contribution in [2.75, 3.05) is 6.61 Å². The Balaban J connectivity index is 2.54. The van der Waals surface area contributed by atoms with E-state index in [0.29, 0.717) is 11.8 Å². The molecule has 0 aliphatic carbocycles. The molecule has 0 spiro atoms. The average molecular weight is 306 g/mol. The summed E-state index contributed by atoms with van der Waals surface area (Å²) in [6.45, 7) is 5.18.